The maximum Gasteiger partial charge on any atom is 0.323 e. The zero-order chi connectivity index (χ0) is 28.8. The molecular formula is C28H48N4O7. The molecule has 0 aromatic carbocycles. The number of likely N-dealkylation sites (N-methyl/N-ethyl adjacent to an activating group) is 1. The fraction of sp³-hybridized carbons (Fsp3) is 0.821. The molecule has 1 saturated carbocycles. The van der Waals surface area contributed by atoms with E-state index in [1.54, 1.807) is 6.92 Å². The summed E-state index contributed by atoms with van der Waals surface area (Å²) in [4.78, 5) is 64.6. The van der Waals surface area contributed by atoms with Crippen molar-refractivity contribution in [1.82, 2.24) is 20.4 Å². The average Bonchev–Trinajstić information content (AvgIpc) is 2.91. The number of hydrogen-bond donors (Lipinski definition) is 4. The predicted octanol–water partition coefficient (Wildman–Crippen LogP) is 2.09. The topological polar surface area (TPSA) is 156 Å². The van der Waals surface area contributed by atoms with Crippen molar-refractivity contribution in [2.24, 2.45) is 17.8 Å². The van der Waals surface area contributed by atoms with Gasteiger partial charge >= 0.3 is 11.9 Å². The Bertz CT molecular complexity index is 825. The van der Waals surface area contributed by atoms with Crippen LogP contribution in [-0.2, 0) is 24.0 Å². The van der Waals surface area contributed by atoms with Crippen LogP contribution < -0.4 is 10.6 Å². The van der Waals surface area contributed by atoms with Gasteiger partial charge in [-0.05, 0) is 63.5 Å². The van der Waals surface area contributed by atoms with Crippen molar-refractivity contribution in [3.63, 3.8) is 0 Å². The van der Waals surface area contributed by atoms with E-state index in [0.717, 1.165) is 69.4 Å². The first-order valence-corrected chi connectivity index (χ1v) is 14.6. The molecule has 1 heterocycles. The van der Waals surface area contributed by atoms with E-state index in [9.17, 15) is 34.2 Å². The molecule has 222 valence electrons. The van der Waals surface area contributed by atoms with E-state index >= 15 is 0 Å². The smallest absolute Gasteiger partial charge is 0.323 e. The van der Waals surface area contributed by atoms with Crippen LogP contribution in [0.3, 0.4) is 0 Å². The van der Waals surface area contributed by atoms with Gasteiger partial charge in [-0.25, -0.2) is 0 Å². The van der Waals surface area contributed by atoms with Crippen LogP contribution in [-0.4, -0.2) is 95.0 Å². The molecule has 1 saturated heterocycles. The van der Waals surface area contributed by atoms with Crippen molar-refractivity contribution < 1.29 is 34.2 Å². The van der Waals surface area contributed by atoms with Gasteiger partial charge < -0.3 is 30.6 Å². The summed E-state index contributed by atoms with van der Waals surface area (Å²) >= 11 is 0. The van der Waals surface area contributed by atoms with Crippen molar-refractivity contribution in [3.05, 3.63) is 0 Å². The second-order valence-corrected chi connectivity index (χ2v) is 11.2. The van der Waals surface area contributed by atoms with E-state index in [4.69, 9.17) is 0 Å². The van der Waals surface area contributed by atoms with E-state index < -0.39 is 42.8 Å². The Hall–Kier alpha value is -2.69. The molecule has 3 amide bonds. The number of rotatable bonds is 16. The first-order valence-electron chi connectivity index (χ1n) is 14.6. The third kappa shape index (κ3) is 11.9. The van der Waals surface area contributed by atoms with Crippen LogP contribution in [0.25, 0.3) is 0 Å². The summed E-state index contributed by atoms with van der Waals surface area (Å²) in [6, 6.07) is -1.42. The largest absolute Gasteiger partial charge is 0.481 e. The number of nitrogens with one attached hydrogen (secondary N) is 2. The second kappa shape index (κ2) is 17.1. The average molecular weight is 553 g/mol. The summed E-state index contributed by atoms with van der Waals surface area (Å²) in [5, 5.41) is 24.6. The summed E-state index contributed by atoms with van der Waals surface area (Å²) in [5.74, 6) is -2.99. The summed E-state index contributed by atoms with van der Waals surface area (Å²) in [7, 11) is 0. The highest BCUT2D eigenvalue weighted by atomic mass is 16.4. The number of aliphatic carboxylic acids is 2. The van der Waals surface area contributed by atoms with Crippen LogP contribution in [0.15, 0.2) is 0 Å². The molecule has 2 aliphatic rings. The Kier molecular flexibility index (Phi) is 14.3. The van der Waals surface area contributed by atoms with Crippen molar-refractivity contribution in [1.29, 1.82) is 0 Å². The van der Waals surface area contributed by atoms with Crippen molar-refractivity contribution in [2.45, 2.75) is 90.5 Å². The van der Waals surface area contributed by atoms with E-state index in [2.05, 4.69) is 10.6 Å². The lowest BCUT2D eigenvalue weighted by molar-refractivity contribution is -0.148. The molecule has 11 nitrogen and oxygen atoms in total. The third-order valence-electron chi connectivity index (χ3n) is 8.14. The van der Waals surface area contributed by atoms with E-state index in [-0.39, 0.29) is 24.9 Å². The highest BCUT2D eigenvalue weighted by Gasteiger charge is 2.32. The van der Waals surface area contributed by atoms with Crippen LogP contribution in [0.4, 0.5) is 0 Å². The van der Waals surface area contributed by atoms with E-state index in [1.165, 1.54) is 11.3 Å². The Morgan fingerprint density at radius 2 is 1.59 bits per heavy atom. The molecular weight excluding hydrogens is 504 g/mol. The summed E-state index contributed by atoms with van der Waals surface area (Å²) in [5.41, 5.74) is 0. The highest BCUT2D eigenvalue weighted by molar-refractivity contribution is 5.93. The summed E-state index contributed by atoms with van der Waals surface area (Å²) < 4.78 is 0. The van der Waals surface area contributed by atoms with E-state index in [0.29, 0.717) is 24.8 Å². The molecule has 39 heavy (non-hydrogen) atoms. The van der Waals surface area contributed by atoms with Gasteiger partial charge in [-0.15, -0.1) is 0 Å². The number of amides is 3. The Balaban J connectivity index is 1.97. The van der Waals surface area contributed by atoms with E-state index in [1.807, 2.05) is 6.92 Å². The Labute approximate surface area is 232 Å². The first-order chi connectivity index (χ1) is 18.6. The van der Waals surface area contributed by atoms with Crippen LogP contribution >= 0.6 is 0 Å². The molecule has 0 radical (unpaired) electrons. The molecule has 1 aliphatic carbocycles. The third-order valence-corrected chi connectivity index (χ3v) is 8.14. The minimum absolute atomic E-state index is 0.0489. The normalized spacial score (nSPS) is 18.1. The lowest BCUT2D eigenvalue weighted by Gasteiger charge is -2.33. The predicted molar refractivity (Wildman–Crippen MR) is 146 cm³/mol. The number of nitrogens with zero attached hydrogens (tertiary/aromatic N) is 2. The zero-order valence-corrected chi connectivity index (χ0v) is 23.7. The van der Waals surface area contributed by atoms with Gasteiger partial charge in [0.05, 0.1) is 13.0 Å². The molecule has 0 aromatic heterocycles. The molecule has 0 aromatic rings. The maximum absolute atomic E-state index is 13.3. The SMILES string of the molecule is CCN(CC(=O)N[C@@H](CC(=O)O)C(=O)N(CC(=O)O)CC(C)C1CCCCC1)C(=O)CCCC1CCNCC1. The van der Waals surface area contributed by atoms with Gasteiger partial charge in [0.15, 0.2) is 0 Å². The summed E-state index contributed by atoms with van der Waals surface area (Å²) in [6.45, 7) is 5.37. The van der Waals surface area contributed by atoms with Gasteiger partial charge in [0.25, 0.3) is 0 Å². The Morgan fingerprint density at radius 3 is 2.18 bits per heavy atom. The number of piperidine rings is 1. The molecule has 4 N–H and O–H groups in total. The quantitative estimate of drug-likeness (QED) is 0.227. The maximum atomic E-state index is 13.3. The molecule has 1 unspecified atom stereocenters. The molecule has 0 spiro atoms. The van der Waals surface area contributed by atoms with Crippen molar-refractivity contribution in [3.8, 4) is 0 Å². The van der Waals surface area contributed by atoms with Gasteiger partial charge in [0, 0.05) is 19.5 Å². The van der Waals surface area contributed by atoms with Crippen molar-refractivity contribution >= 4 is 29.7 Å². The monoisotopic (exact) mass is 552 g/mol. The Morgan fingerprint density at radius 1 is 0.923 bits per heavy atom. The van der Waals surface area contributed by atoms with Crippen molar-refractivity contribution in [2.75, 3.05) is 39.3 Å². The molecule has 1 aliphatic heterocycles. The van der Waals surface area contributed by atoms with Gasteiger partial charge in [0.2, 0.25) is 17.7 Å². The number of carboxylic acids is 2. The van der Waals surface area contributed by atoms with Crippen LogP contribution in [0.2, 0.25) is 0 Å². The number of carboxylic acid groups (broad SMARTS) is 2. The first kappa shape index (κ1) is 32.5. The lowest BCUT2D eigenvalue weighted by Crippen LogP contribution is -2.54. The van der Waals surface area contributed by atoms with Gasteiger partial charge in [0.1, 0.15) is 12.6 Å². The lowest BCUT2D eigenvalue weighted by atomic mass is 9.80. The molecule has 2 fully saturated rings. The van der Waals surface area contributed by atoms with Crippen LogP contribution in [0, 0.1) is 17.8 Å². The number of carbonyl (C=O) groups is 5. The number of hydrogen-bond acceptors (Lipinski definition) is 6. The second-order valence-electron chi connectivity index (χ2n) is 11.2. The van der Waals surface area contributed by atoms with Crippen LogP contribution in [0.5, 0.6) is 0 Å². The van der Waals surface area contributed by atoms with Gasteiger partial charge in [-0.3, -0.25) is 24.0 Å². The van der Waals surface area contributed by atoms with Gasteiger partial charge in [-0.1, -0.05) is 39.0 Å². The highest BCUT2D eigenvalue weighted by Crippen LogP contribution is 2.30. The minimum Gasteiger partial charge on any atom is -0.481 e. The van der Waals surface area contributed by atoms with Gasteiger partial charge in [-0.2, -0.15) is 0 Å². The zero-order valence-electron chi connectivity index (χ0n) is 23.7. The summed E-state index contributed by atoms with van der Waals surface area (Å²) in [6.07, 6.45) is 8.97. The fourth-order valence-electron chi connectivity index (χ4n) is 5.85. The number of carbonyl (C=O) groups excluding carboxylic acids is 3. The molecule has 0 bridgehead atoms. The fourth-order valence-corrected chi connectivity index (χ4v) is 5.85. The van der Waals surface area contributed by atoms with Crippen LogP contribution in [0.1, 0.15) is 84.5 Å². The standard InChI is InChI=1S/C28H48N4O7/c1-3-31(25(34)11-7-8-21-12-14-29-15-13-21)18-24(33)30-23(16-26(35)36)28(39)32(19-27(37)38)17-20(2)22-9-5-4-6-10-22/h20-23,29H,3-19H2,1-2H3,(H,30,33)(H,35,36)(H,37,38)/t20?,23-/m0/s1. The molecule has 2 atom stereocenters. The molecule has 2 rings (SSSR count). The minimum atomic E-state index is -1.42. The molecule has 11 heteroatoms.